The second-order valence-electron chi connectivity index (χ2n) is 22.5. The summed E-state index contributed by atoms with van der Waals surface area (Å²) < 4.78 is 72.9. The number of carbonyl (C=O) groups is 6. The van der Waals surface area contributed by atoms with Gasteiger partial charge in [0.15, 0.2) is 5.67 Å². The van der Waals surface area contributed by atoms with Gasteiger partial charge in [-0.05, 0) is 93.5 Å². The predicted octanol–water partition coefficient (Wildman–Crippen LogP) is 6.89. The molecule has 3 aliphatic rings. The van der Waals surface area contributed by atoms with Gasteiger partial charge in [-0.15, -0.1) is 11.3 Å². The summed E-state index contributed by atoms with van der Waals surface area (Å²) in [4.78, 5) is 106. The molecule has 1 saturated carbocycles. The summed E-state index contributed by atoms with van der Waals surface area (Å²) in [6, 6.07) is 12.7. The Morgan fingerprint density at radius 1 is 0.878 bits per heavy atom. The molecule has 4 heterocycles. The number of amides is 6. The van der Waals surface area contributed by atoms with Crippen molar-refractivity contribution in [1.29, 1.82) is 0 Å². The van der Waals surface area contributed by atoms with Crippen molar-refractivity contribution in [1.82, 2.24) is 41.0 Å². The fraction of sp³-hybridized carbons (Fsp3) is 0.448. The number of H-pyrrole nitrogens is 1. The van der Waals surface area contributed by atoms with Gasteiger partial charge in [0.1, 0.15) is 17.9 Å². The molecule has 0 bridgehead atoms. The van der Waals surface area contributed by atoms with Crippen molar-refractivity contribution in [2.45, 2.75) is 122 Å². The third kappa shape index (κ3) is 14.0. The molecule has 82 heavy (non-hydrogen) atoms. The van der Waals surface area contributed by atoms with Crippen LogP contribution in [0, 0.1) is 18.2 Å². The van der Waals surface area contributed by atoms with E-state index >= 15 is 4.39 Å². The van der Waals surface area contributed by atoms with Gasteiger partial charge in [0.2, 0.25) is 23.3 Å². The highest BCUT2D eigenvalue weighted by Crippen LogP contribution is 2.41. The van der Waals surface area contributed by atoms with E-state index in [0.717, 1.165) is 22.2 Å². The van der Waals surface area contributed by atoms with E-state index in [1.54, 1.807) is 50.5 Å². The molecule has 438 valence electrons. The molecule has 3 fully saturated rings. The van der Waals surface area contributed by atoms with Crippen LogP contribution in [-0.2, 0) is 25.4 Å². The first-order chi connectivity index (χ1) is 38.6. The number of nitrogens with zero attached hydrogens (tertiary/aromatic N) is 4. The number of aliphatic hydroxyl groups is 1. The number of hydrogen-bond acceptors (Lipinski definition) is 12. The van der Waals surface area contributed by atoms with Gasteiger partial charge in [-0.3, -0.25) is 38.5 Å². The van der Waals surface area contributed by atoms with E-state index in [9.17, 15) is 56.2 Å². The standard InChI is InChI=1S/C58H67F5N10O8S/c1-31-27-72(28-32(2)71(31)7)45-16-14-36(22-44(45)69-52(78)40-26-66-47(75)24-41(40)58(61,62)63)39-15-13-37(21-42(39)59)51(77)65-20-8-19-64-48(76)25-43(34-9-11-35(12-10-34)49-33(3)67-30-82-49)68-53(79)46-23-38(74)29-73(46)54(80)50(56(4,5)6)70-55(81)57(60)17-18-57/h9-16,21-22,24,26,30-32,38,43,46,50,74H,8,17-20,23,25,27-29H2,1-7H3,(H,64,76)(H,65,77)(H,66,75)(H,68,79)(H,69,78)(H,70,81)/t31-,32+,38-,43?,46+,50?/m1/s1. The molecule has 18 nitrogen and oxygen atoms in total. The van der Waals surface area contributed by atoms with Crippen LogP contribution in [-0.4, -0.2) is 136 Å². The van der Waals surface area contributed by atoms with Gasteiger partial charge in [-0.2, -0.15) is 13.2 Å². The fourth-order valence-corrected chi connectivity index (χ4v) is 11.0. The van der Waals surface area contributed by atoms with E-state index < -0.39 is 99.4 Å². The summed E-state index contributed by atoms with van der Waals surface area (Å²) in [6.45, 7) is 11.9. The number of aromatic amines is 1. The Hall–Kier alpha value is -7.57. The van der Waals surface area contributed by atoms with Crippen molar-refractivity contribution in [2.24, 2.45) is 5.41 Å². The zero-order chi connectivity index (χ0) is 59.6. The molecule has 2 unspecified atom stereocenters. The third-order valence-corrected chi connectivity index (χ3v) is 16.3. The Morgan fingerprint density at radius 3 is 2.17 bits per heavy atom. The molecule has 5 aromatic rings. The van der Waals surface area contributed by atoms with Crippen molar-refractivity contribution in [3.05, 3.63) is 123 Å². The van der Waals surface area contributed by atoms with Gasteiger partial charge in [-0.1, -0.05) is 57.2 Å². The smallest absolute Gasteiger partial charge is 0.391 e. The number of carbonyl (C=O) groups excluding carboxylic acids is 6. The highest BCUT2D eigenvalue weighted by molar-refractivity contribution is 7.13. The van der Waals surface area contributed by atoms with Crippen LogP contribution < -0.4 is 37.0 Å². The maximum absolute atomic E-state index is 16.1. The van der Waals surface area contributed by atoms with E-state index in [2.05, 4.69) is 41.5 Å². The zero-order valence-corrected chi connectivity index (χ0v) is 47.2. The summed E-state index contributed by atoms with van der Waals surface area (Å²) >= 11 is 1.45. The molecule has 7 N–H and O–H groups in total. The molecule has 2 aromatic heterocycles. The summed E-state index contributed by atoms with van der Waals surface area (Å²) in [5.41, 5.74) is -1.51. The van der Waals surface area contributed by atoms with E-state index in [1.807, 2.05) is 44.9 Å². The van der Waals surface area contributed by atoms with Crippen LogP contribution in [0.2, 0.25) is 0 Å². The molecular weight excluding hydrogens is 1090 g/mol. The summed E-state index contributed by atoms with van der Waals surface area (Å²) in [7, 11) is 1.97. The van der Waals surface area contributed by atoms with Gasteiger partial charge in [-0.25, -0.2) is 13.8 Å². The Kier molecular flexibility index (Phi) is 18.1. The Bertz CT molecular complexity index is 3280. The maximum Gasteiger partial charge on any atom is 0.417 e. The molecule has 1 aliphatic carbocycles. The number of alkyl halides is 4. The lowest BCUT2D eigenvalue weighted by Crippen LogP contribution is -2.59. The van der Waals surface area contributed by atoms with Crippen LogP contribution in [0.4, 0.5) is 33.3 Å². The van der Waals surface area contributed by atoms with Crippen LogP contribution in [0.15, 0.2) is 83.2 Å². The number of aliphatic hydroxyl groups excluding tert-OH is 1. The molecule has 24 heteroatoms. The van der Waals surface area contributed by atoms with E-state index in [4.69, 9.17) is 0 Å². The van der Waals surface area contributed by atoms with E-state index in [-0.39, 0.29) is 86.2 Å². The van der Waals surface area contributed by atoms with Gasteiger partial charge in [0, 0.05) is 74.6 Å². The van der Waals surface area contributed by atoms with Crippen molar-refractivity contribution in [3.8, 4) is 21.6 Å². The van der Waals surface area contributed by atoms with Crippen molar-refractivity contribution >= 4 is 58.2 Å². The Labute approximate surface area is 474 Å². The monoisotopic (exact) mass is 1160 g/mol. The molecular formula is C58H67F5N10O8S. The Balaban J connectivity index is 0.913. The number of halogens is 5. The second-order valence-corrected chi connectivity index (χ2v) is 23.4. The molecule has 8 rings (SSSR count). The van der Waals surface area contributed by atoms with Crippen molar-refractivity contribution in [2.75, 3.05) is 50.0 Å². The van der Waals surface area contributed by atoms with Crippen molar-refractivity contribution in [3.63, 3.8) is 0 Å². The number of aromatic nitrogens is 2. The van der Waals surface area contributed by atoms with Gasteiger partial charge >= 0.3 is 6.18 Å². The van der Waals surface area contributed by atoms with E-state index in [0.29, 0.717) is 36.6 Å². The SMILES string of the molecule is Cc1ncsc1-c1ccc(C(CC(=O)NCCCNC(=O)c2ccc(-c3ccc(N4C[C@@H](C)N(C)[C@@H](C)C4)c(NC(=O)c4c[nH]c(=O)cc4C(F)(F)F)c3)c(F)c2)NC(=O)[C@@H]2C[C@@H](O)CN2C(=O)C(NC(=O)C2(F)CC2)C(C)(C)C)cc1. The number of likely N-dealkylation sites (N-methyl/N-ethyl adjacent to an activating group) is 1. The summed E-state index contributed by atoms with van der Waals surface area (Å²) in [5, 5.41) is 24.3. The highest BCUT2D eigenvalue weighted by atomic mass is 32.1. The minimum Gasteiger partial charge on any atom is -0.391 e. The average Bonchev–Trinajstić information content (AvgIpc) is 3.87. The predicted molar refractivity (Wildman–Crippen MR) is 299 cm³/mol. The van der Waals surface area contributed by atoms with Gasteiger partial charge < -0.3 is 46.5 Å². The lowest BCUT2D eigenvalue weighted by Gasteiger charge is -2.44. The third-order valence-electron chi connectivity index (χ3n) is 15.3. The molecule has 6 amide bonds. The first kappa shape index (κ1) is 60.5. The number of piperazine rings is 1. The van der Waals surface area contributed by atoms with Crippen LogP contribution >= 0.6 is 11.3 Å². The first-order valence-electron chi connectivity index (χ1n) is 27.0. The molecule has 3 aromatic carbocycles. The largest absolute Gasteiger partial charge is 0.417 e. The summed E-state index contributed by atoms with van der Waals surface area (Å²) in [6.07, 6.45) is -5.50. The van der Waals surface area contributed by atoms with Gasteiger partial charge in [0.05, 0.1) is 57.1 Å². The summed E-state index contributed by atoms with van der Waals surface area (Å²) in [5.74, 6) is -5.31. The van der Waals surface area contributed by atoms with Crippen LogP contribution in [0.3, 0.4) is 0 Å². The zero-order valence-electron chi connectivity index (χ0n) is 46.4. The number of likely N-dealkylation sites (tertiary alicyclic amines) is 1. The molecule has 0 spiro atoms. The number of thiazole rings is 1. The number of benzene rings is 3. The van der Waals surface area contributed by atoms with Crippen LogP contribution in [0.25, 0.3) is 21.6 Å². The minimum atomic E-state index is -5.02. The maximum atomic E-state index is 16.1. The topological polar surface area (TPSA) is 238 Å². The number of anilines is 2. The average molecular weight is 1160 g/mol. The van der Waals surface area contributed by atoms with Gasteiger partial charge in [0.25, 0.3) is 17.7 Å². The van der Waals surface area contributed by atoms with Crippen molar-refractivity contribution < 1.29 is 55.8 Å². The number of β-amino-alcohol motifs (C(OH)–C–C–N with tert-alkyl or cyclic N) is 1. The normalized spacial score (nSPS) is 19.7. The lowest BCUT2D eigenvalue weighted by atomic mass is 9.85. The van der Waals surface area contributed by atoms with Crippen LogP contribution in [0.5, 0.6) is 0 Å². The molecule has 0 radical (unpaired) electrons. The number of rotatable bonds is 18. The Morgan fingerprint density at radius 2 is 1.55 bits per heavy atom. The quantitative estimate of drug-likeness (QED) is 0.0352. The number of pyridine rings is 1. The molecule has 2 saturated heterocycles. The van der Waals surface area contributed by atoms with E-state index in [1.165, 1.54) is 34.4 Å². The molecule has 2 aliphatic heterocycles. The minimum absolute atomic E-state index is 0.0222. The second kappa shape index (κ2) is 24.5. The number of nitrogens with one attached hydrogen (secondary N) is 6. The number of hydrogen-bond donors (Lipinski definition) is 7. The van der Waals surface area contributed by atoms with Crippen LogP contribution in [0.1, 0.15) is 110 Å². The lowest BCUT2D eigenvalue weighted by molar-refractivity contribution is -0.145. The first-order valence-corrected chi connectivity index (χ1v) is 27.9. The fourth-order valence-electron chi connectivity index (χ4n) is 10.2. The number of aryl methyl sites for hydroxylation is 1. The molecule has 6 atom stereocenters. The highest BCUT2D eigenvalue weighted by Gasteiger charge is 2.53.